The predicted molar refractivity (Wildman–Crippen MR) is 82.9 cm³/mol. The molecule has 1 heterocycles. The number of hydrogen-bond acceptors (Lipinski definition) is 5. The number of fused-ring (bicyclic) bond motifs is 1. The van der Waals surface area contributed by atoms with Gasteiger partial charge in [-0.25, -0.2) is 0 Å². The summed E-state index contributed by atoms with van der Waals surface area (Å²) in [4.78, 5) is 1.41. The van der Waals surface area contributed by atoms with E-state index in [2.05, 4.69) is 17.1 Å². The van der Waals surface area contributed by atoms with Crippen molar-refractivity contribution in [3.8, 4) is 22.9 Å². The topological polar surface area (TPSA) is 69.4 Å². The molecule has 3 rings (SSSR count). The highest BCUT2D eigenvalue weighted by Crippen LogP contribution is 2.27. The molecule has 0 unspecified atom stereocenters. The van der Waals surface area contributed by atoms with E-state index in [4.69, 9.17) is 9.47 Å². The van der Waals surface area contributed by atoms with Gasteiger partial charge in [-0.3, -0.25) is 0 Å². The number of phenolic OH excluding ortho intramolecular Hbond substituents is 1. The number of phenols is 1. The zero-order valence-electron chi connectivity index (χ0n) is 12.5. The molecule has 0 atom stereocenters. The average molecular weight is 299 g/mol. The van der Waals surface area contributed by atoms with Crippen LogP contribution in [0.25, 0.3) is 16.7 Å². The molecule has 0 amide bonds. The first kappa shape index (κ1) is 14.2. The third kappa shape index (κ3) is 2.67. The number of hydrogen-bond donors (Lipinski definition) is 1. The lowest BCUT2D eigenvalue weighted by atomic mass is 10.3. The first-order valence-electron chi connectivity index (χ1n) is 7.08. The standard InChI is InChI=1S/C16H17N3O3/c1-3-8-22-12-4-6-13-14(9-12)18-19(17-13)15-7-5-11(21-2)10-16(15)20/h4-7,9-10,20H,3,8H2,1-2H3. The molecule has 22 heavy (non-hydrogen) atoms. The minimum Gasteiger partial charge on any atom is -0.505 e. The highest BCUT2D eigenvalue weighted by molar-refractivity contribution is 5.75. The van der Waals surface area contributed by atoms with Gasteiger partial charge in [-0.05, 0) is 30.7 Å². The van der Waals surface area contributed by atoms with Gasteiger partial charge in [0.15, 0.2) is 0 Å². The molecule has 6 heteroatoms. The van der Waals surface area contributed by atoms with Crippen LogP contribution in [0.1, 0.15) is 13.3 Å². The quantitative estimate of drug-likeness (QED) is 0.784. The van der Waals surface area contributed by atoms with Crippen molar-refractivity contribution in [2.75, 3.05) is 13.7 Å². The van der Waals surface area contributed by atoms with Gasteiger partial charge in [0.05, 0.1) is 13.7 Å². The number of ether oxygens (including phenoxy) is 2. The Morgan fingerprint density at radius 2 is 1.82 bits per heavy atom. The van der Waals surface area contributed by atoms with Gasteiger partial charge in [0.25, 0.3) is 0 Å². The van der Waals surface area contributed by atoms with E-state index < -0.39 is 0 Å². The molecule has 0 fully saturated rings. The van der Waals surface area contributed by atoms with Crippen molar-refractivity contribution in [1.29, 1.82) is 0 Å². The minimum absolute atomic E-state index is 0.0575. The maximum absolute atomic E-state index is 10.1. The Morgan fingerprint density at radius 3 is 2.55 bits per heavy atom. The highest BCUT2D eigenvalue weighted by atomic mass is 16.5. The monoisotopic (exact) mass is 299 g/mol. The van der Waals surface area contributed by atoms with Crippen LogP contribution in [0.5, 0.6) is 17.2 Å². The van der Waals surface area contributed by atoms with Crippen LogP contribution >= 0.6 is 0 Å². The zero-order chi connectivity index (χ0) is 15.5. The van der Waals surface area contributed by atoms with Crippen LogP contribution in [0, 0.1) is 0 Å². The molecular formula is C16H17N3O3. The summed E-state index contributed by atoms with van der Waals surface area (Å²) in [5, 5.41) is 18.8. The number of benzene rings is 2. The molecule has 0 radical (unpaired) electrons. The van der Waals surface area contributed by atoms with Crippen LogP contribution in [0.2, 0.25) is 0 Å². The molecule has 0 aliphatic carbocycles. The summed E-state index contributed by atoms with van der Waals surface area (Å²) < 4.78 is 10.7. The summed E-state index contributed by atoms with van der Waals surface area (Å²) in [6.45, 7) is 2.72. The van der Waals surface area contributed by atoms with Gasteiger partial charge < -0.3 is 14.6 Å². The minimum atomic E-state index is 0.0575. The number of methoxy groups -OCH3 is 1. The third-order valence-electron chi connectivity index (χ3n) is 3.22. The van der Waals surface area contributed by atoms with E-state index in [-0.39, 0.29) is 5.75 Å². The summed E-state index contributed by atoms with van der Waals surface area (Å²) in [5.41, 5.74) is 1.94. The van der Waals surface area contributed by atoms with Crippen LogP contribution in [-0.2, 0) is 0 Å². The Bertz CT molecular complexity index is 798. The lowest BCUT2D eigenvalue weighted by Gasteiger charge is -2.05. The van der Waals surface area contributed by atoms with Gasteiger partial charge in [-0.2, -0.15) is 0 Å². The van der Waals surface area contributed by atoms with Crippen molar-refractivity contribution in [2.24, 2.45) is 0 Å². The van der Waals surface area contributed by atoms with E-state index in [0.717, 1.165) is 17.7 Å². The second-order valence-corrected chi connectivity index (χ2v) is 4.84. The molecule has 1 aromatic heterocycles. The van der Waals surface area contributed by atoms with Gasteiger partial charge in [-0.1, -0.05) is 6.92 Å². The van der Waals surface area contributed by atoms with E-state index >= 15 is 0 Å². The van der Waals surface area contributed by atoms with E-state index in [1.807, 2.05) is 18.2 Å². The summed E-state index contributed by atoms with van der Waals surface area (Å²) >= 11 is 0. The molecule has 3 aromatic rings. The molecule has 6 nitrogen and oxygen atoms in total. The maximum Gasteiger partial charge on any atom is 0.146 e. The first-order valence-corrected chi connectivity index (χ1v) is 7.08. The fourth-order valence-electron chi connectivity index (χ4n) is 2.11. The van der Waals surface area contributed by atoms with Crippen molar-refractivity contribution in [1.82, 2.24) is 15.0 Å². The molecule has 0 aliphatic rings. The zero-order valence-corrected chi connectivity index (χ0v) is 12.5. The largest absolute Gasteiger partial charge is 0.505 e. The molecule has 2 aromatic carbocycles. The van der Waals surface area contributed by atoms with Gasteiger partial charge in [0, 0.05) is 12.1 Å². The molecule has 1 N–H and O–H groups in total. The normalized spacial score (nSPS) is 10.8. The van der Waals surface area contributed by atoms with Gasteiger partial charge in [0.2, 0.25) is 0 Å². The lowest BCUT2D eigenvalue weighted by molar-refractivity contribution is 0.318. The van der Waals surface area contributed by atoms with Crippen LogP contribution in [-0.4, -0.2) is 33.8 Å². The van der Waals surface area contributed by atoms with Crippen LogP contribution in [0.15, 0.2) is 36.4 Å². The van der Waals surface area contributed by atoms with Crippen molar-refractivity contribution < 1.29 is 14.6 Å². The molecule has 0 aliphatic heterocycles. The summed E-state index contributed by atoms with van der Waals surface area (Å²) in [5.74, 6) is 1.40. The van der Waals surface area contributed by atoms with E-state index in [0.29, 0.717) is 23.6 Å². The number of aromatic hydroxyl groups is 1. The molecule has 0 saturated heterocycles. The van der Waals surface area contributed by atoms with Gasteiger partial charge in [-0.15, -0.1) is 15.0 Å². The second-order valence-electron chi connectivity index (χ2n) is 4.84. The van der Waals surface area contributed by atoms with Crippen molar-refractivity contribution >= 4 is 11.0 Å². The number of nitrogens with zero attached hydrogens (tertiary/aromatic N) is 3. The van der Waals surface area contributed by atoms with Crippen molar-refractivity contribution in [3.63, 3.8) is 0 Å². The molecule has 0 bridgehead atoms. The third-order valence-corrected chi connectivity index (χ3v) is 3.22. The molecule has 0 saturated carbocycles. The molecule has 0 spiro atoms. The van der Waals surface area contributed by atoms with Crippen LogP contribution in [0.3, 0.4) is 0 Å². The van der Waals surface area contributed by atoms with Crippen molar-refractivity contribution in [2.45, 2.75) is 13.3 Å². The highest BCUT2D eigenvalue weighted by Gasteiger charge is 2.10. The Kier molecular flexibility index (Phi) is 3.82. The molecular weight excluding hydrogens is 282 g/mol. The smallest absolute Gasteiger partial charge is 0.146 e. The van der Waals surface area contributed by atoms with Crippen LogP contribution < -0.4 is 9.47 Å². The first-order chi connectivity index (χ1) is 10.7. The van der Waals surface area contributed by atoms with Crippen molar-refractivity contribution in [3.05, 3.63) is 36.4 Å². The predicted octanol–water partition coefficient (Wildman–Crippen LogP) is 2.92. The summed E-state index contributed by atoms with van der Waals surface area (Å²) in [7, 11) is 1.55. The second kappa shape index (κ2) is 5.93. The average Bonchev–Trinajstić information content (AvgIpc) is 2.95. The Hall–Kier alpha value is -2.76. The van der Waals surface area contributed by atoms with E-state index in [9.17, 15) is 5.11 Å². The summed E-state index contributed by atoms with van der Waals surface area (Å²) in [6, 6.07) is 10.5. The van der Waals surface area contributed by atoms with Gasteiger partial charge >= 0.3 is 0 Å². The Labute approximate surface area is 127 Å². The Morgan fingerprint density at radius 1 is 1.05 bits per heavy atom. The fourth-order valence-corrected chi connectivity index (χ4v) is 2.11. The molecule has 114 valence electrons. The fraction of sp³-hybridized carbons (Fsp3) is 0.250. The Balaban J connectivity index is 1.97. The SMILES string of the molecule is CCCOc1ccc2nn(-c3ccc(OC)cc3O)nc2c1. The number of aromatic nitrogens is 3. The number of rotatable bonds is 5. The van der Waals surface area contributed by atoms with E-state index in [1.54, 1.807) is 19.2 Å². The van der Waals surface area contributed by atoms with Gasteiger partial charge in [0.1, 0.15) is 34.0 Å². The lowest BCUT2D eigenvalue weighted by Crippen LogP contribution is -1.99. The van der Waals surface area contributed by atoms with Crippen LogP contribution in [0.4, 0.5) is 0 Å². The maximum atomic E-state index is 10.1. The summed E-state index contributed by atoms with van der Waals surface area (Å²) in [6.07, 6.45) is 0.949. The van der Waals surface area contributed by atoms with E-state index in [1.165, 1.54) is 10.9 Å².